The predicted octanol–water partition coefficient (Wildman–Crippen LogP) is 1.57. The molecule has 0 aliphatic rings. The summed E-state index contributed by atoms with van der Waals surface area (Å²) in [6.07, 6.45) is 0. The quantitative estimate of drug-likeness (QED) is 0.677. The van der Waals surface area contributed by atoms with Gasteiger partial charge >= 0.3 is 5.97 Å². The zero-order valence-electron chi connectivity index (χ0n) is 8.44. The molecule has 7 heteroatoms. The van der Waals surface area contributed by atoms with E-state index in [4.69, 9.17) is 0 Å². The molecule has 0 amide bonds. The van der Waals surface area contributed by atoms with Gasteiger partial charge in [-0.3, -0.25) is 4.72 Å². The molecule has 0 atom stereocenters. The van der Waals surface area contributed by atoms with Gasteiger partial charge in [0.05, 0.1) is 12.7 Å². The molecule has 0 bridgehead atoms. The number of carbonyl (C=O) groups excluding carboxylic acids is 1. The number of carbonyl (C=O) groups is 1. The first kappa shape index (κ1) is 13.0. The SMILES string of the molecule is COC(=O)c1cccc(NS(=O)(=O)CBr)c1. The lowest BCUT2D eigenvalue weighted by Crippen LogP contribution is -2.13. The van der Waals surface area contributed by atoms with E-state index in [9.17, 15) is 13.2 Å². The van der Waals surface area contributed by atoms with Crippen molar-refractivity contribution in [1.29, 1.82) is 0 Å². The number of benzene rings is 1. The first-order chi connectivity index (χ1) is 7.48. The Bertz CT molecular complexity index is 486. The van der Waals surface area contributed by atoms with Crippen LogP contribution < -0.4 is 4.72 Å². The molecule has 0 aromatic heterocycles. The molecule has 0 radical (unpaired) electrons. The highest BCUT2D eigenvalue weighted by Gasteiger charge is 2.10. The monoisotopic (exact) mass is 307 g/mol. The zero-order valence-corrected chi connectivity index (χ0v) is 10.8. The molecule has 0 aliphatic carbocycles. The summed E-state index contributed by atoms with van der Waals surface area (Å²) in [6.45, 7) is 0. The number of anilines is 1. The third-order valence-corrected chi connectivity index (χ3v) is 4.34. The summed E-state index contributed by atoms with van der Waals surface area (Å²) in [7, 11) is -2.15. The van der Waals surface area contributed by atoms with Gasteiger partial charge in [-0.05, 0) is 18.2 Å². The maximum Gasteiger partial charge on any atom is 0.337 e. The van der Waals surface area contributed by atoms with E-state index in [1.807, 2.05) is 0 Å². The number of rotatable bonds is 4. The van der Waals surface area contributed by atoms with E-state index in [2.05, 4.69) is 25.4 Å². The van der Waals surface area contributed by atoms with Crippen molar-refractivity contribution < 1.29 is 17.9 Å². The highest BCUT2D eigenvalue weighted by Crippen LogP contribution is 2.13. The van der Waals surface area contributed by atoms with E-state index in [0.29, 0.717) is 5.69 Å². The minimum Gasteiger partial charge on any atom is -0.465 e. The van der Waals surface area contributed by atoms with Gasteiger partial charge in [-0.15, -0.1) is 0 Å². The number of esters is 1. The zero-order chi connectivity index (χ0) is 12.2. The maximum absolute atomic E-state index is 11.2. The van der Waals surface area contributed by atoms with Crippen LogP contribution in [0.2, 0.25) is 0 Å². The largest absolute Gasteiger partial charge is 0.465 e. The summed E-state index contributed by atoms with van der Waals surface area (Å²) in [5, 5.41) is 0. The second-order valence-electron chi connectivity index (χ2n) is 2.90. The Labute approximate surface area is 102 Å². The normalized spacial score (nSPS) is 10.9. The van der Waals surface area contributed by atoms with Crippen LogP contribution in [0.1, 0.15) is 10.4 Å². The van der Waals surface area contributed by atoms with Crippen LogP contribution >= 0.6 is 15.9 Å². The van der Waals surface area contributed by atoms with E-state index < -0.39 is 16.0 Å². The number of alkyl halides is 1. The average molecular weight is 308 g/mol. The molecule has 0 saturated heterocycles. The molecular weight excluding hydrogens is 298 g/mol. The van der Waals surface area contributed by atoms with E-state index in [1.165, 1.54) is 19.2 Å². The number of sulfonamides is 1. The lowest BCUT2D eigenvalue weighted by atomic mass is 10.2. The van der Waals surface area contributed by atoms with Crippen LogP contribution in [-0.2, 0) is 14.8 Å². The lowest BCUT2D eigenvalue weighted by molar-refractivity contribution is 0.0601. The third kappa shape index (κ3) is 3.49. The standard InChI is InChI=1S/C9H10BrNO4S/c1-15-9(12)7-3-2-4-8(5-7)11-16(13,14)6-10/h2-5,11H,6H2,1H3. The van der Waals surface area contributed by atoms with Gasteiger partial charge in [0.1, 0.15) is 4.66 Å². The highest BCUT2D eigenvalue weighted by atomic mass is 79.9. The summed E-state index contributed by atoms with van der Waals surface area (Å²) in [5.41, 5.74) is 0.611. The summed E-state index contributed by atoms with van der Waals surface area (Å²) in [5.74, 6) is -0.514. The van der Waals surface area contributed by atoms with Gasteiger partial charge in [0, 0.05) is 5.69 Å². The van der Waals surface area contributed by atoms with Crippen molar-refractivity contribution in [2.45, 2.75) is 0 Å². The van der Waals surface area contributed by atoms with Crippen molar-refractivity contribution >= 4 is 37.6 Å². The molecular formula is C9H10BrNO4S. The van der Waals surface area contributed by atoms with Crippen LogP contribution in [-0.4, -0.2) is 26.2 Å². The van der Waals surface area contributed by atoms with Crippen LogP contribution in [0.5, 0.6) is 0 Å². The number of methoxy groups -OCH3 is 1. The molecule has 0 saturated carbocycles. The van der Waals surface area contributed by atoms with Crippen LogP contribution in [0.15, 0.2) is 24.3 Å². The van der Waals surface area contributed by atoms with Crippen molar-refractivity contribution in [2.75, 3.05) is 16.5 Å². The molecule has 1 N–H and O–H groups in total. The minimum absolute atomic E-state index is 0.206. The number of hydrogen-bond donors (Lipinski definition) is 1. The molecule has 0 fully saturated rings. The molecule has 1 aromatic carbocycles. The second kappa shape index (κ2) is 5.31. The first-order valence-corrected chi connectivity index (χ1v) is 7.00. The van der Waals surface area contributed by atoms with E-state index in [-0.39, 0.29) is 10.2 Å². The average Bonchev–Trinajstić information content (AvgIpc) is 2.28. The molecule has 5 nitrogen and oxygen atoms in total. The number of hydrogen-bond acceptors (Lipinski definition) is 4. The topological polar surface area (TPSA) is 72.5 Å². The lowest BCUT2D eigenvalue weighted by Gasteiger charge is -2.06. The van der Waals surface area contributed by atoms with Gasteiger partial charge in [0.15, 0.2) is 0 Å². The van der Waals surface area contributed by atoms with Crippen LogP contribution in [0.3, 0.4) is 0 Å². The van der Waals surface area contributed by atoms with Crippen molar-refractivity contribution in [1.82, 2.24) is 0 Å². The Morgan fingerprint density at radius 2 is 2.19 bits per heavy atom. The van der Waals surface area contributed by atoms with Gasteiger partial charge < -0.3 is 4.74 Å². The Hall–Kier alpha value is -1.08. The number of nitrogens with one attached hydrogen (secondary N) is 1. The fourth-order valence-electron chi connectivity index (χ4n) is 1.03. The first-order valence-electron chi connectivity index (χ1n) is 4.23. The molecule has 0 aliphatic heterocycles. The third-order valence-electron chi connectivity index (χ3n) is 1.70. The van der Waals surface area contributed by atoms with E-state index >= 15 is 0 Å². The summed E-state index contributed by atoms with van der Waals surface area (Å²) >= 11 is 2.85. The number of halogens is 1. The molecule has 1 rings (SSSR count). The van der Waals surface area contributed by atoms with Crippen molar-refractivity contribution in [3.8, 4) is 0 Å². The Morgan fingerprint density at radius 1 is 1.50 bits per heavy atom. The Balaban J connectivity index is 2.96. The van der Waals surface area contributed by atoms with Gasteiger partial charge in [-0.25, -0.2) is 13.2 Å². The summed E-state index contributed by atoms with van der Waals surface area (Å²) < 4.78 is 29.1. The van der Waals surface area contributed by atoms with Gasteiger partial charge in [0.25, 0.3) is 0 Å². The van der Waals surface area contributed by atoms with Gasteiger partial charge in [-0.1, -0.05) is 22.0 Å². The highest BCUT2D eigenvalue weighted by molar-refractivity contribution is 9.10. The minimum atomic E-state index is -3.41. The Morgan fingerprint density at radius 3 is 2.75 bits per heavy atom. The van der Waals surface area contributed by atoms with Gasteiger partial charge in [0.2, 0.25) is 10.0 Å². The predicted molar refractivity (Wildman–Crippen MR) is 64.1 cm³/mol. The van der Waals surface area contributed by atoms with Crippen LogP contribution in [0.25, 0.3) is 0 Å². The van der Waals surface area contributed by atoms with Crippen LogP contribution in [0, 0.1) is 0 Å². The molecule has 0 unspecified atom stereocenters. The fraction of sp³-hybridized carbons (Fsp3) is 0.222. The fourth-order valence-corrected chi connectivity index (χ4v) is 1.92. The Kier molecular flexibility index (Phi) is 4.31. The molecule has 0 spiro atoms. The smallest absolute Gasteiger partial charge is 0.337 e. The van der Waals surface area contributed by atoms with Crippen molar-refractivity contribution in [3.05, 3.63) is 29.8 Å². The summed E-state index contributed by atoms with van der Waals surface area (Å²) in [4.78, 5) is 11.2. The molecule has 0 heterocycles. The molecule has 16 heavy (non-hydrogen) atoms. The maximum atomic E-state index is 11.2. The second-order valence-corrected chi connectivity index (χ2v) is 5.92. The van der Waals surface area contributed by atoms with E-state index in [0.717, 1.165) is 0 Å². The van der Waals surface area contributed by atoms with E-state index in [1.54, 1.807) is 12.1 Å². The van der Waals surface area contributed by atoms with Crippen molar-refractivity contribution in [3.63, 3.8) is 0 Å². The van der Waals surface area contributed by atoms with Crippen LogP contribution in [0.4, 0.5) is 5.69 Å². The van der Waals surface area contributed by atoms with Gasteiger partial charge in [-0.2, -0.15) is 0 Å². The molecule has 1 aromatic rings. The number of ether oxygens (including phenoxy) is 1. The summed E-state index contributed by atoms with van der Waals surface area (Å²) in [6, 6.07) is 6.06. The van der Waals surface area contributed by atoms with Crippen molar-refractivity contribution in [2.24, 2.45) is 0 Å². The molecule has 88 valence electrons.